The number of carbonyl (C=O) groups is 2. The van der Waals surface area contributed by atoms with Gasteiger partial charge in [-0.1, -0.05) is 0 Å². The van der Waals surface area contributed by atoms with Crippen molar-refractivity contribution in [1.82, 2.24) is 10.2 Å². The zero-order valence-electron chi connectivity index (χ0n) is 11.1. The molecule has 0 radical (unpaired) electrons. The minimum absolute atomic E-state index is 0. The summed E-state index contributed by atoms with van der Waals surface area (Å²) in [6, 6.07) is 0.0541. The van der Waals surface area contributed by atoms with Crippen LogP contribution in [0.1, 0.15) is 32.6 Å². The average Bonchev–Trinajstić information content (AvgIpc) is 2.35. The van der Waals surface area contributed by atoms with Crippen molar-refractivity contribution < 1.29 is 9.59 Å². The van der Waals surface area contributed by atoms with E-state index >= 15 is 0 Å². The topological polar surface area (TPSA) is 75.4 Å². The molecule has 0 bridgehead atoms. The lowest BCUT2D eigenvalue weighted by molar-refractivity contribution is -0.135. The standard InChI is InChI=1S/C12H23N3O2.ClH/c1-9(13)5-6-11(16)15-7-3-4-10(8-15)12(17)14-2;/h9-10H,3-8,13H2,1-2H3,(H,14,17);1H. The first-order chi connectivity index (χ1) is 8.04. The van der Waals surface area contributed by atoms with Crippen LogP contribution in [0.4, 0.5) is 0 Å². The molecule has 2 atom stereocenters. The van der Waals surface area contributed by atoms with Gasteiger partial charge in [-0.2, -0.15) is 0 Å². The summed E-state index contributed by atoms with van der Waals surface area (Å²) >= 11 is 0. The number of rotatable bonds is 4. The molecule has 1 heterocycles. The molecular weight excluding hydrogens is 254 g/mol. The summed E-state index contributed by atoms with van der Waals surface area (Å²) in [4.78, 5) is 25.2. The third-order valence-electron chi connectivity index (χ3n) is 3.20. The van der Waals surface area contributed by atoms with Crippen LogP contribution in [0.3, 0.4) is 0 Å². The van der Waals surface area contributed by atoms with E-state index in [-0.39, 0.29) is 36.2 Å². The normalized spacial score (nSPS) is 20.8. The minimum Gasteiger partial charge on any atom is -0.359 e. The number of nitrogens with zero attached hydrogens (tertiary/aromatic N) is 1. The van der Waals surface area contributed by atoms with Crippen LogP contribution in [0.15, 0.2) is 0 Å². The molecule has 1 saturated heterocycles. The number of carbonyl (C=O) groups excluding carboxylic acids is 2. The lowest BCUT2D eigenvalue weighted by Gasteiger charge is -2.32. The zero-order valence-corrected chi connectivity index (χ0v) is 12.0. The summed E-state index contributed by atoms with van der Waals surface area (Å²) in [7, 11) is 1.64. The van der Waals surface area contributed by atoms with Crippen LogP contribution in [-0.2, 0) is 9.59 Å². The number of hydrogen-bond acceptors (Lipinski definition) is 3. The Morgan fingerprint density at radius 2 is 2.17 bits per heavy atom. The van der Waals surface area contributed by atoms with Crippen LogP contribution in [0, 0.1) is 5.92 Å². The van der Waals surface area contributed by atoms with Crippen molar-refractivity contribution in [2.24, 2.45) is 11.7 Å². The highest BCUT2D eigenvalue weighted by molar-refractivity contribution is 5.85. The van der Waals surface area contributed by atoms with Gasteiger partial charge >= 0.3 is 0 Å². The lowest BCUT2D eigenvalue weighted by atomic mass is 9.96. The van der Waals surface area contributed by atoms with Gasteiger partial charge in [0.2, 0.25) is 11.8 Å². The summed E-state index contributed by atoms with van der Waals surface area (Å²) in [6.07, 6.45) is 2.97. The minimum atomic E-state index is -0.0481. The molecule has 1 aliphatic rings. The highest BCUT2D eigenvalue weighted by Crippen LogP contribution is 2.17. The molecule has 0 aromatic rings. The van der Waals surface area contributed by atoms with Gasteiger partial charge in [-0.3, -0.25) is 9.59 Å². The summed E-state index contributed by atoms with van der Waals surface area (Å²) in [5.41, 5.74) is 5.63. The number of hydrogen-bond donors (Lipinski definition) is 2. The van der Waals surface area contributed by atoms with Crippen molar-refractivity contribution in [3.63, 3.8) is 0 Å². The number of piperidine rings is 1. The number of halogens is 1. The van der Waals surface area contributed by atoms with Crippen LogP contribution in [0.25, 0.3) is 0 Å². The summed E-state index contributed by atoms with van der Waals surface area (Å²) in [5, 5.41) is 2.65. The summed E-state index contributed by atoms with van der Waals surface area (Å²) in [6.45, 7) is 3.22. The Morgan fingerprint density at radius 3 is 2.72 bits per heavy atom. The highest BCUT2D eigenvalue weighted by atomic mass is 35.5. The van der Waals surface area contributed by atoms with Gasteiger partial charge in [0.1, 0.15) is 0 Å². The largest absolute Gasteiger partial charge is 0.359 e. The fourth-order valence-corrected chi connectivity index (χ4v) is 2.13. The van der Waals surface area contributed by atoms with E-state index in [1.54, 1.807) is 11.9 Å². The molecule has 0 aliphatic carbocycles. The number of likely N-dealkylation sites (tertiary alicyclic amines) is 1. The fourth-order valence-electron chi connectivity index (χ4n) is 2.13. The number of amides is 2. The van der Waals surface area contributed by atoms with E-state index < -0.39 is 0 Å². The molecule has 3 N–H and O–H groups in total. The Hall–Kier alpha value is -0.810. The molecule has 1 fully saturated rings. The van der Waals surface area contributed by atoms with Gasteiger partial charge in [-0.05, 0) is 26.2 Å². The first-order valence-corrected chi connectivity index (χ1v) is 6.29. The predicted octanol–water partition coefficient (Wildman–Crippen LogP) is 0.520. The van der Waals surface area contributed by atoms with E-state index in [2.05, 4.69) is 5.32 Å². The Morgan fingerprint density at radius 1 is 1.50 bits per heavy atom. The smallest absolute Gasteiger partial charge is 0.224 e. The van der Waals surface area contributed by atoms with Crippen molar-refractivity contribution >= 4 is 24.2 Å². The maximum atomic E-state index is 11.9. The van der Waals surface area contributed by atoms with Crippen molar-refractivity contribution in [1.29, 1.82) is 0 Å². The third kappa shape index (κ3) is 5.23. The highest BCUT2D eigenvalue weighted by Gasteiger charge is 2.27. The number of nitrogens with two attached hydrogens (primary N) is 1. The lowest BCUT2D eigenvalue weighted by Crippen LogP contribution is -2.45. The average molecular weight is 278 g/mol. The van der Waals surface area contributed by atoms with Crippen molar-refractivity contribution in [3.8, 4) is 0 Å². The van der Waals surface area contributed by atoms with Crippen molar-refractivity contribution in [3.05, 3.63) is 0 Å². The SMILES string of the molecule is CNC(=O)C1CCCN(C(=O)CCC(C)N)C1.Cl. The molecule has 2 amide bonds. The van der Waals surface area contributed by atoms with E-state index in [4.69, 9.17) is 5.73 Å². The molecule has 0 aromatic carbocycles. The Bertz CT molecular complexity index is 284. The quantitative estimate of drug-likeness (QED) is 0.787. The van der Waals surface area contributed by atoms with Crippen molar-refractivity contribution in [2.75, 3.05) is 20.1 Å². The van der Waals surface area contributed by atoms with Gasteiger partial charge < -0.3 is 16.0 Å². The third-order valence-corrected chi connectivity index (χ3v) is 3.20. The number of nitrogens with one attached hydrogen (secondary N) is 1. The van der Waals surface area contributed by atoms with Crippen LogP contribution in [-0.4, -0.2) is 42.9 Å². The van der Waals surface area contributed by atoms with Crippen molar-refractivity contribution in [2.45, 2.75) is 38.6 Å². The molecule has 6 heteroatoms. The van der Waals surface area contributed by atoms with Gasteiger partial charge in [-0.25, -0.2) is 0 Å². The molecule has 2 unspecified atom stereocenters. The molecule has 0 spiro atoms. The molecule has 18 heavy (non-hydrogen) atoms. The molecule has 106 valence electrons. The van der Waals surface area contributed by atoms with E-state index in [0.717, 1.165) is 19.4 Å². The second-order valence-electron chi connectivity index (χ2n) is 4.81. The molecule has 1 rings (SSSR count). The van der Waals surface area contributed by atoms with E-state index in [9.17, 15) is 9.59 Å². The van der Waals surface area contributed by atoms with Gasteiger partial charge in [0.15, 0.2) is 0 Å². The van der Waals surface area contributed by atoms with Crippen LogP contribution >= 0.6 is 12.4 Å². The molecule has 0 aromatic heterocycles. The summed E-state index contributed by atoms with van der Waals surface area (Å²) < 4.78 is 0. The van der Waals surface area contributed by atoms with E-state index in [1.165, 1.54) is 0 Å². The second kappa shape index (κ2) is 8.32. The Labute approximate surface area is 115 Å². The molecule has 5 nitrogen and oxygen atoms in total. The molecule has 0 saturated carbocycles. The first kappa shape index (κ1) is 17.2. The Kier molecular flexibility index (Phi) is 7.95. The Balaban J connectivity index is 0.00000289. The van der Waals surface area contributed by atoms with E-state index in [0.29, 0.717) is 19.4 Å². The second-order valence-corrected chi connectivity index (χ2v) is 4.81. The van der Waals surface area contributed by atoms with Gasteiger partial charge in [-0.15, -0.1) is 12.4 Å². The zero-order chi connectivity index (χ0) is 12.8. The van der Waals surface area contributed by atoms with Crippen LogP contribution in [0.5, 0.6) is 0 Å². The predicted molar refractivity (Wildman–Crippen MR) is 73.5 cm³/mol. The molecule has 1 aliphatic heterocycles. The maximum Gasteiger partial charge on any atom is 0.224 e. The summed E-state index contributed by atoms with van der Waals surface area (Å²) in [5.74, 6) is 0.110. The molecular formula is C12H24ClN3O2. The van der Waals surface area contributed by atoms with E-state index in [1.807, 2.05) is 6.92 Å². The maximum absolute atomic E-state index is 11.9. The monoisotopic (exact) mass is 277 g/mol. The van der Waals surface area contributed by atoms with Crippen LogP contribution in [0.2, 0.25) is 0 Å². The first-order valence-electron chi connectivity index (χ1n) is 6.29. The van der Waals surface area contributed by atoms with Crippen LogP contribution < -0.4 is 11.1 Å². The van der Waals surface area contributed by atoms with Gasteiger partial charge in [0.25, 0.3) is 0 Å². The van der Waals surface area contributed by atoms with Gasteiger partial charge in [0, 0.05) is 32.6 Å². The van der Waals surface area contributed by atoms with Gasteiger partial charge in [0.05, 0.1) is 5.92 Å². The fraction of sp³-hybridized carbons (Fsp3) is 0.833.